The Bertz CT molecular complexity index is 721. The Kier molecular flexibility index (Phi) is 3.78. The summed E-state index contributed by atoms with van der Waals surface area (Å²) >= 11 is 1.70. The van der Waals surface area contributed by atoms with Crippen LogP contribution in [0, 0.1) is 0 Å². The fourth-order valence-electron chi connectivity index (χ4n) is 1.97. The molecule has 3 aromatic rings. The Labute approximate surface area is 121 Å². The number of hydrogen-bond acceptors (Lipinski definition) is 4. The summed E-state index contributed by atoms with van der Waals surface area (Å²) in [5.41, 5.74) is 2.14. The van der Waals surface area contributed by atoms with Crippen molar-refractivity contribution in [1.29, 1.82) is 0 Å². The van der Waals surface area contributed by atoms with Gasteiger partial charge in [0.05, 0.1) is 18.1 Å². The molecule has 5 heteroatoms. The second-order valence-corrected chi connectivity index (χ2v) is 5.27. The minimum absolute atomic E-state index is 0.656. The summed E-state index contributed by atoms with van der Waals surface area (Å²) in [6.45, 7) is 4.39. The van der Waals surface area contributed by atoms with Crippen molar-refractivity contribution in [2.75, 3.05) is 0 Å². The highest BCUT2D eigenvalue weighted by Crippen LogP contribution is 2.27. The van der Waals surface area contributed by atoms with Gasteiger partial charge >= 0.3 is 0 Å². The van der Waals surface area contributed by atoms with Crippen molar-refractivity contribution in [2.24, 2.45) is 0 Å². The molecule has 0 radical (unpaired) electrons. The summed E-state index contributed by atoms with van der Waals surface area (Å²) in [5.74, 6) is 0.888. The van der Waals surface area contributed by atoms with Gasteiger partial charge in [0.1, 0.15) is 11.4 Å². The van der Waals surface area contributed by atoms with Gasteiger partial charge in [0.15, 0.2) is 5.65 Å². The van der Waals surface area contributed by atoms with Crippen LogP contribution in [0.15, 0.2) is 60.5 Å². The van der Waals surface area contributed by atoms with Gasteiger partial charge in [0.2, 0.25) is 0 Å². The van der Waals surface area contributed by atoms with Crippen LogP contribution in [0.3, 0.4) is 0 Å². The van der Waals surface area contributed by atoms with E-state index < -0.39 is 0 Å². The number of fused-ring (bicyclic) bond motifs is 1. The fourth-order valence-corrected chi connectivity index (χ4v) is 2.89. The van der Waals surface area contributed by atoms with Crippen molar-refractivity contribution < 1.29 is 0 Å². The quantitative estimate of drug-likeness (QED) is 0.409. The number of aromatic nitrogens is 4. The number of thioether (sulfide) groups is 1. The topological polar surface area (TPSA) is 43.6 Å². The van der Waals surface area contributed by atoms with Gasteiger partial charge in [-0.3, -0.25) is 0 Å². The lowest BCUT2D eigenvalue weighted by Crippen LogP contribution is -1.98. The molecule has 4 nitrogen and oxygen atoms in total. The monoisotopic (exact) mass is 282 g/mol. The number of rotatable bonds is 5. The number of nitrogens with zero attached hydrogens (tertiary/aromatic N) is 4. The van der Waals surface area contributed by atoms with Crippen LogP contribution in [0.5, 0.6) is 0 Å². The molecule has 2 aromatic heterocycles. The molecule has 3 rings (SSSR count). The lowest BCUT2D eigenvalue weighted by molar-refractivity contribution is 0.719. The molecule has 0 aliphatic heterocycles. The van der Waals surface area contributed by atoms with E-state index in [9.17, 15) is 0 Å². The molecule has 2 heterocycles. The summed E-state index contributed by atoms with van der Waals surface area (Å²) < 4.78 is 1.83. The molecular formula is C15H14N4S. The zero-order valence-corrected chi connectivity index (χ0v) is 11.8. The van der Waals surface area contributed by atoms with Crippen LogP contribution in [0.4, 0.5) is 0 Å². The van der Waals surface area contributed by atoms with Gasteiger partial charge in [0.25, 0.3) is 0 Å². The predicted molar refractivity (Wildman–Crippen MR) is 81.5 cm³/mol. The van der Waals surface area contributed by atoms with Gasteiger partial charge in [-0.05, 0) is 5.56 Å². The second-order valence-electron chi connectivity index (χ2n) is 4.31. The van der Waals surface area contributed by atoms with Crippen LogP contribution in [0.1, 0.15) is 5.56 Å². The van der Waals surface area contributed by atoms with E-state index in [1.54, 1.807) is 18.1 Å². The molecule has 0 saturated heterocycles. The lowest BCUT2D eigenvalue weighted by Gasteiger charge is -2.03. The summed E-state index contributed by atoms with van der Waals surface area (Å²) in [5, 5.41) is 6.29. The molecule has 0 aliphatic rings. The minimum Gasteiger partial charge on any atom is -0.243 e. The molecule has 0 aliphatic carbocycles. The molecular weight excluding hydrogens is 268 g/mol. The Balaban J connectivity index is 1.86. The maximum atomic E-state index is 4.37. The first-order valence-corrected chi connectivity index (χ1v) is 7.31. The van der Waals surface area contributed by atoms with Crippen LogP contribution in [-0.2, 0) is 12.3 Å². The average Bonchev–Trinajstić information content (AvgIpc) is 2.91. The first-order chi connectivity index (χ1) is 9.88. The van der Waals surface area contributed by atoms with E-state index in [-0.39, 0.29) is 0 Å². The van der Waals surface area contributed by atoms with Crippen LogP contribution < -0.4 is 0 Å². The molecule has 100 valence electrons. The molecule has 0 unspecified atom stereocenters. The Morgan fingerprint density at radius 3 is 2.85 bits per heavy atom. The highest BCUT2D eigenvalue weighted by molar-refractivity contribution is 7.98. The third kappa shape index (κ3) is 2.58. The molecule has 0 saturated carbocycles. The molecule has 20 heavy (non-hydrogen) atoms. The third-order valence-electron chi connectivity index (χ3n) is 2.92. The summed E-state index contributed by atoms with van der Waals surface area (Å²) in [6, 6.07) is 10.4. The first kappa shape index (κ1) is 12.9. The first-order valence-electron chi connectivity index (χ1n) is 6.32. The van der Waals surface area contributed by atoms with E-state index in [4.69, 9.17) is 0 Å². The van der Waals surface area contributed by atoms with Gasteiger partial charge in [-0.2, -0.15) is 5.10 Å². The van der Waals surface area contributed by atoms with Gasteiger partial charge in [-0.15, -0.1) is 18.3 Å². The fraction of sp³-hybridized carbons (Fsp3) is 0.133. The number of benzene rings is 1. The van der Waals surface area contributed by atoms with Gasteiger partial charge in [-0.25, -0.2) is 14.6 Å². The van der Waals surface area contributed by atoms with Crippen molar-refractivity contribution in [2.45, 2.75) is 17.3 Å². The van der Waals surface area contributed by atoms with E-state index in [0.717, 1.165) is 21.8 Å². The van der Waals surface area contributed by atoms with Crippen LogP contribution in [-0.4, -0.2) is 19.7 Å². The predicted octanol–water partition coefficient (Wildman–Crippen LogP) is 3.30. The SMILES string of the molecule is C=CCn1ncc2c(SCc3ccccc3)ncnc21. The van der Waals surface area contributed by atoms with Crippen LogP contribution in [0.25, 0.3) is 11.0 Å². The summed E-state index contributed by atoms with van der Waals surface area (Å²) in [6.07, 6.45) is 5.23. The van der Waals surface area contributed by atoms with Gasteiger partial charge in [-0.1, -0.05) is 36.4 Å². The molecule has 0 spiro atoms. The van der Waals surface area contributed by atoms with E-state index >= 15 is 0 Å². The van der Waals surface area contributed by atoms with Gasteiger partial charge < -0.3 is 0 Å². The number of hydrogen-bond donors (Lipinski definition) is 0. The van der Waals surface area contributed by atoms with Crippen molar-refractivity contribution >= 4 is 22.8 Å². The minimum atomic E-state index is 0.656. The molecule has 0 bridgehead atoms. The third-order valence-corrected chi connectivity index (χ3v) is 3.99. The lowest BCUT2D eigenvalue weighted by atomic mass is 10.2. The van der Waals surface area contributed by atoms with Crippen molar-refractivity contribution in [3.05, 3.63) is 61.1 Å². The highest BCUT2D eigenvalue weighted by atomic mass is 32.2. The van der Waals surface area contributed by atoms with E-state index in [2.05, 4.69) is 33.8 Å². The Morgan fingerprint density at radius 2 is 2.05 bits per heavy atom. The Hall–Kier alpha value is -2.14. The van der Waals surface area contributed by atoms with Crippen molar-refractivity contribution in [3.63, 3.8) is 0 Å². The summed E-state index contributed by atoms with van der Waals surface area (Å²) in [7, 11) is 0. The van der Waals surface area contributed by atoms with Crippen LogP contribution >= 0.6 is 11.8 Å². The zero-order chi connectivity index (χ0) is 13.8. The highest BCUT2D eigenvalue weighted by Gasteiger charge is 2.09. The van der Waals surface area contributed by atoms with E-state index in [1.807, 2.05) is 35.2 Å². The van der Waals surface area contributed by atoms with E-state index in [1.165, 1.54) is 5.56 Å². The van der Waals surface area contributed by atoms with Gasteiger partial charge in [0, 0.05) is 5.75 Å². The largest absolute Gasteiger partial charge is 0.243 e. The second kappa shape index (κ2) is 5.88. The van der Waals surface area contributed by atoms with Crippen LogP contribution in [0.2, 0.25) is 0 Å². The normalized spacial score (nSPS) is 10.8. The molecule has 0 fully saturated rings. The molecule has 0 N–H and O–H groups in total. The molecule has 0 amide bonds. The molecule has 0 atom stereocenters. The van der Waals surface area contributed by atoms with E-state index in [0.29, 0.717) is 6.54 Å². The smallest absolute Gasteiger partial charge is 0.162 e. The molecule has 1 aromatic carbocycles. The van der Waals surface area contributed by atoms with Crippen molar-refractivity contribution in [3.8, 4) is 0 Å². The maximum Gasteiger partial charge on any atom is 0.162 e. The summed E-state index contributed by atoms with van der Waals surface area (Å²) in [4.78, 5) is 8.67. The number of allylic oxidation sites excluding steroid dienone is 1. The standard InChI is InChI=1S/C15H14N4S/c1-2-8-19-14-13(9-18-19)15(17-11-16-14)20-10-12-6-4-3-5-7-12/h2-7,9,11H,1,8,10H2. The van der Waals surface area contributed by atoms with Crippen molar-refractivity contribution in [1.82, 2.24) is 19.7 Å². The Morgan fingerprint density at radius 1 is 1.20 bits per heavy atom. The average molecular weight is 282 g/mol. The maximum absolute atomic E-state index is 4.37. The zero-order valence-electron chi connectivity index (χ0n) is 10.9.